The van der Waals surface area contributed by atoms with E-state index in [2.05, 4.69) is 20.2 Å². The first kappa shape index (κ1) is 14.5. The molecule has 0 spiro atoms. The van der Waals surface area contributed by atoms with Crippen molar-refractivity contribution in [3.05, 3.63) is 42.2 Å². The molecule has 1 atom stereocenters. The Hall–Kier alpha value is -2.41. The number of aromatic nitrogens is 2. The molecular weight excluding hydrogens is 282 g/mol. The minimum absolute atomic E-state index is 0.0272. The number of carbonyl (C=O) groups excluding carboxylic acids is 1. The lowest BCUT2D eigenvalue weighted by Gasteiger charge is -2.25. The number of amides is 1. The van der Waals surface area contributed by atoms with E-state index >= 15 is 0 Å². The van der Waals surface area contributed by atoms with E-state index in [1.807, 2.05) is 12.1 Å². The van der Waals surface area contributed by atoms with Crippen molar-refractivity contribution >= 4 is 11.7 Å². The first-order chi connectivity index (χ1) is 10.8. The smallest absolute Gasteiger partial charge is 0.273 e. The molecule has 0 aromatic carbocycles. The molecule has 0 radical (unpaired) electrons. The van der Waals surface area contributed by atoms with Gasteiger partial charge >= 0.3 is 0 Å². The predicted molar refractivity (Wildman–Crippen MR) is 81.0 cm³/mol. The van der Waals surface area contributed by atoms with Gasteiger partial charge in [0.2, 0.25) is 0 Å². The molecule has 1 aliphatic rings. The zero-order valence-electron chi connectivity index (χ0n) is 12.2. The maximum absolute atomic E-state index is 12.2. The van der Waals surface area contributed by atoms with E-state index < -0.39 is 0 Å². The Bertz CT molecular complexity index is 623. The summed E-state index contributed by atoms with van der Waals surface area (Å²) in [5.74, 6) is 0.673. The number of anilines is 1. The summed E-state index contributed by atoms with van der Waals surface area (Å²) in [6, 6.07) is 3.83. The van der Waals surface area contributed by atoms with Crippen molar-refractivity contribution in [2.75, 3.05) is 25.4 Å². The van der Waals surface area contributed by atoms with Gasteiger partial charge in [-0.2, -0.15) is 0 Å². The molecule has 3 rings (SSSR count). The van der Waals surface area contributed by atoms with E-state index in [0.717, 1.165) is 18.8 Å². The summed E-state index contributed by atoms with van der Waals surface area (Å²) in [6.45, 7) is 2.46. The Labute approximate surface area is 128 Å². The topological polar surface area (TPSA) is 97.3 Å². The standard InChI is InChI=1S/C15H19N5O2/c16-14-13(17-5-6-18-14)15(21)19-10-11(12-4-3-9-22-12)20-7-1-2-8-20/h3-6,9,11H,1-2,7-8,10H2,(H2,16,18)(H,19,21)/t11-/m1/s1. The average molecular weight is 301 g/mol. The van der Waals surface area contributed by atoms with Crippen LogP contribution in [0.5, 0.6) is 0 Å². The molecule has 1 saturated heterocycles. The molecule has 3 heterocycles. The largest absolute Gasteiger partial charge is 0.468 e. The third kappa shape index (κ3) is 3.09. The van der Waals surface area contributed by atoms with Crippen molar-refractivity contribution in [1.29, 1.82) is 0 Å². The van der Waals surface area contributed by atoms with Crippen LogP contribution in [0.4, 0.5) is 5.82 Å². The molecule has 1 amide bonds. The average Bonchev–Trinajstić information content (AvgIpc) is 3.21. The Kier molecular flexibility index (Phi) is 4.34. The molecule has 1 aliphatic heterocycles. The van der Waals surface area contributed by atoms with Crippen LogP contribution in [0, 0.1) is 0 Å². The number of likely N-dealkylation sites (tertiary alicyclic amines) is 1. The molecular formula is C15H19N5O2. The fourth-order valence-corrected chi connectivity index (χ4v) is 2.74. The Balaban J connectivity index is 1.69. The van der Waals surface area contributed by atoms with Crippen LogP contribution in [-0.4, -0.2) is 40.4 Å². The molecule has 7 heteroatoms. The highest BCUT2D eigenvalue weighted by Crippen LogP contribution is 2.24. The Morgan fingerprint density at radius 1 is 1.36 bits per heavy atom. The van der Waals surface area contributed by atoms with Gasteiger partial charge in [0, 0.05) is 18.9 Å². The summed E-state index contributed by atoms with van der Waals surface area (Å²) in [7, 11) is 0. The van der Waals surface area contributed by atoms with Gasteiger partial charge in [0.25, 0.3) is 5.91 Å². The summed E-state index contributed by atoms with van der Waals surface area (Å²) in [6.07, 6.45) is 6.91. The fraction of sp³-hybridized carbons (Fsp3) is 0.400. The number of rotatable bonds is 5. The van der Waals surface area contributed by atoms with Gasteiger partial charge in [0.05, 0.1) is 12.3 Å². The monoisotopic (exact) mass is 301 g/mol. The van der Waals surface area contributed by atoms with Crippen molar-refractivity contribution in [3.8, 4) is 0 Å². The molecule has 0 bridgehead atoms. The minimum Gasteiger partial charge on any atom is -0.468 e. The van der Waals surface area contributed by atoms with E-state index in [4.69, 9.17) is 10.2 Å². The lowest BCUT2D eigenvalue weighted by molar-refractivity contribution is 0.0929. The van der Waals surface area contributed by atoms with Crippen LogP contribution < -0.4 is 11.1 Å². The quantitative estimate of drug-likeness (QED) is 0.861. The van der Waals surface area contributed by atoms with Gasteiger partial charge in [-0.25, -0.2) is 9.97 Å². The van der Waals surface area contributed by atoms with E-state index in [-0.39, 0.29) is 23.5 Å². The predicted octanol–water partition coefficient (Wildman–Crippen LogP) is 1.22. The maximum atomic E-state index is 12.2. The van der Waals surface area contributed by atoms with Crippen molar-refractivity contribution < 1.29 is 9.21 Å². The summed E-state index contributed by atoms with van der Waals surface area (Å²) >= 11 is 0. The lowest BCUT2D eigenvalue weighted by atomic mass is 10.2. The second kappa shape index (κ2) is 6.57. The van der Waals surface area contributed by atoms with Gasteiger partial charge < -0.3 is 15.5 Å². The molecule has 2 aromatic rings. The second-order valence-corrected chi connectivity index (χ2v) is 5.27. The molecule has 2 aromatic heterocycles. The summed E-state index contributed by atoms with van der Waals surface area (Å²) in [5.41, 5.74) is 5.84. The molecule has 0 saturated carbocycles. The molecule has 22 heavy (non-hydrogen) atoms. The van der Waals surface area contributed by atoms with Gasteiger partial charge in [-0.05, 0) is 38.1 Å². The van der Waals surface area contributed by atoms with E-state index in [1.165, 1.54) is 25.2 Å². The Morgan fingerprint density at radius 3 is 2.82 bits per heavy atom. The number of nitrogens with two attached hydrogens (primary N) is 1. The van der Waals surface area contributed by atoms with Gasteiger partial charge in [0.1, 0.15) is 5.76 Å². The minimum atomic E-state index is -0.318. The van der Waals surface area contributed by atoms with Crippen LogP contribution in [0.3, 0.4) is 0 Å². The van der Waals surface area contributed by atoms with Gasteiger partial charge in [-0.15, -0.1) is 0 Å². The van der Waals surface area contributed by atoms with Crippen LogP contribution in [0.25, 0.3) is 0 Å². The number of hydrogen-bond donors (Lipinski definition) is 2. The van der Waals surface area contributed by atoms with Crippen molar-refractivity contribution in [2.24, 2.45) is 0 Å². The Morgan fingerprint density at radius 2 is 2.14 bits per heavy atom. The number of hydrogen-bond acceptors (Lipinski definition) is 6. The van der Waals surface area contributed by atoms with Gasteiger partial charge in [-0.1, -0.05) is 0 Å². The molecule has 0 unspecified atom stereocenters. The van der Waals surface area contributed by atoms with Crippen molar-refractivity contribution in [2.45, 2.75) is 18.9 Å². The highest BCUT2D eigenvalue weighted by molar-refractivity contribution is 5.96. The number of furan rings is 1. The zero-order chi connectivity index (χ0) is 15.4. The highest BCUT2D eigenvalue weighted by atomic mass is 16.3. The highest BCUT2D eigenvalue weighted by Gasteiger charge is 2.26. The van der Waals surface area contributed by atoms with Crippen molar-refractivity contribution in [1.82, 2.24) is 20.2 Å². The van der Waals surface area contributed by atoms with Crippen LogP contribution in [0.1, 0.15) is 35.1 Å². The fourth-order valence-electron chi connectivity index (χ4n) is 2.74. The number of carbonyl (C=O) groups is 1. The number of nitrogen functional groups attached to an aromatic ring is 1. The lowest BCUT2D eigenvalue weighted by Crippen LogP contribution is -2.37. The summed E-state index contributed by atoms with van der Waals surface area (Å²) in [4.78, 5) is 22.4. The van der Waals surface area contributed by atoms with Gasteiger partial charge in [0.15, 0.2) is 11.5 Å². The summed E-state index contributed by atoms with van der Waals surface area (Å²) < 4.78 is 5.52. The molecule has 1 fully saturated rings. The second-order valence-electron chi connectivity index (χ2n) is 5.27. The molecule has 0 aliphatic carbocycles. The SMILES string of the molecule is Nc1nccnc1C(=O)NC[C@H](c1ccco1)N1CCCC1. The molecule has 116 valence electrons. The van der Waals surface area contributed by atoms with Crippen LogP contribution >= 0.6 is 0 Å². The third-order valence-electron chi connectivity index (χ3n) is 3.85. The van der Waals surface area contributed by atoms with E-state index in [1.54, 1.807) is 6.26 Å². The van der Waals surface area contributed by atoms with Crippen LogP contribution in [-0.2, 0) is 0 Å². The van der Waals surface area contributed by atoms with E-state index in [9.17, 15) is 4.79 Å². The molecule has 7 nitrogen and oxygen atoms in total. The van der Waals surface area contributed by atoms with Crippen LogP contribution in [0.15, 0.2) is 35.2 Å². The number of nitrogens with one attached hydrogen (secondary N) is 1. The van der Waals surface area contributed by atoms with Gasteiger partial charge in [-0.3, -0.25) is 9.69 Å². The number of nitrogens with zero attached hydrogens (tertiary/aromatic N) is 3. The first-order valence-corrected chi connectivity index (χ1v) is 7.38. The maximum Gasteiger partial charge on any atom is 0.273 e. The van der Waals surface area contributed by atoms with Crippen LogP contribution in [0.2, 0.25) is 0 Å². The van der Waals surface area contributed by atoms with E-state index in [0.29, 0.717) is 6.54 Å². The third-order valence-corrected chi connectivity index (χ3v) is 3.85. The summed E-state index contributed by atoms with van der Waals surface area (Å²) in [5, 5.41) is 2.88. The molecule has 3 N–H and O–H groups in total. The normalized spacial score (nSPS) is 16.5. The zero-order valence-corrected chi connectivity index (χ0v) is 12.2. The van der Waals surface area contributed by atoms with Crippen molar-refractivity contribution in [3.63, 3.8) is 0 Å². The first-order valence-electron chi connectivity index (χ1n) is 7.38.